The Labute approximate surface area is 142 Å². The van der Waals surface area contributed by atoms with E-state index in [-0.39, 0.29) is 11.8 Å². The Kier molecular flexibility index (Phi) is 4.65. The van der Waals surface area contributed by atoms with Crippen molar-refractivity contribution in [3.63, 3.8) is 0 Å². The third-order valence-electron chi connectivity index (χ3n) is 4.41. The normalized spacial score (nSPS) is 16.2. The first-order chi connectivity index (χ1) is 11.6. The van der Waals surface area contributed by atoms with Gasteiger partial charge in [-0.05, 0) is 30.0 Å². The summed E-state index contributed by atoms with van der Waals surface area (Å²) < 4.78 is 0. The standard InChI is InChI=1S/C20H22N2O2/c1-3-12-22-18(16-11-7-8-14(2)17(16)20(22)24)19(23)21-13-15-9-5-4-6-10-15/h4-11,18H,3,12-13H2,1-2H3,(H,21,23). The largest absolute Gasteiger partial charge is 0.350 e. The summed E-state index contributed by atoms with van der Waals surface area (Å²) in [4.78, 5) is 27.3. The first kappa shape index (κ1) is 16.2. The van der Waals surface area contributed by atoms with Crippen molar-refractivity contribution >= 4 is 11.8 Å². The van der Waals surface area contributed by atoms with Crippen LogP contribution in [0.3, 0.4) is 0 Å². The maximum atomic E-state index is 12.8. The zero-order valence-corrected chi connectivity index (χ0v) is 14.1. The molecule has 24 heavy (non-hydrogen) atoms. The van der Waals surface area contributed by atoms with Gasteiger partial charge in [0.2, 0.25) is 5.91 Å². The zero-order valence-electron chi connectivity index (χ0n) is 14.1. The fraction of sp³-hybridized carbons (Fsp3) is 0.300. The molecule has 4 heteroatoms. The Hall–Kier alpha value is -2.62. The summed E-state index contributed by atoms with van der Waals surface area (Å²) >= 11 is 0. The number of aryl methyl sites for hydroxylation is 1. The number of fused-ring (bicyclic) bond motifs is 1. The van der Waals surface area contributed by atoms with E-state index in [1.54, 1.807) is 4.90 Å². The second kappa shape index (κ2) is 6.87. The van der Waals surface area contributed by atoms with E-state index in [0.29, 0.717) is 18.7 Å². The van der Waals surface area contributed by atoms with Crippen molar-refractivity contribution in [2.45, 2.75) is 32.9 Å². The minimum absolute atomic E-state index is 0.0372. The van der Waals surface area contributed by atoms with Crippen LogP contribution < -0.4 is 5.32 Å². The van der Waals surface area contributed by atoms with Gasteiger partial charge in [0.25, 0.3) is 5.91 Å². The Morgan fingerprint density at radius 3 is 2.58 bits per heavy atom. The van der Waals surface area contributed by atoms with Crippen molar-refractivity contribution in [1.82, 2.24) is 10.2 Å². The fourth-order valence-electron chi connectivity index (χ4n) is 3.28. The highest BCUT2D eigenvalue weighted by molar-refractivity contribution is 6.05. The molecule has 2 amide bonds. The van der Waals surface area contributed by atoms with Crippen molar-refractivity contribution in [2.75, 3.05) is 6.54 Å². The van der Waals surface area contributed by atoms with Gasteiger partial charge in [-0.1, -0.05) is 55.5 Å². The number of rotatable bonds is 5. The van der Waals surface area contributed by atoms with E-state index in [4.69, 9.17) is 0 Å². The number of amides is 2. The molecule has 0 spiro atoms. The highest BCUT2D eigenvalue weighted by atomic mass is 16.2. The molecule has 2 aromatic carbocycles. The number of nitrogens with one attached hydrogen (secondary N) is 1. The molecule has 1 N–H and O–H groups in total. The Morgan fingerprint density at radius 2 is 1.88 bits per heavy atom. The number of hydrogen-bond donors (Lipinski definition) is 1. The van der Waals surface area contributed by atoms with Crippen LogP contribution in [0, 0.1) is 6.92 Å². The quantitative estimate of drug-likeness (QED) is 0.919. The van der Waals surface area contributed by atoms with Gasteiger partial charge in [-0.25, -0.2) is 0 Å². The Morgan fingerprint density at radius 1 is 1.12 bits per heavy atom. The van der Waals surface area contributed by atoms with E-state index in [9.17, 15) is 9.59 Å². The van der Waals surface area contributed by atoms with Crippen molar-refractivity contribution in [3.8, 4) is 0 Å². The summed E-state index contributed by atoms with van der Waals surface area (Å²) in [6, 6.07) is 15.0. The smallest absolute Gasteiger partial charge is 0.255 e. The van der Waals surface area contributed by atoms with Crippen LogP contribution in [0.25, 0.3) is 0 Å². The summed E-state index contributed by atoms with van der Waals surface area (Å²) in [5, 5.41) is 2.98. The lowest BCUT2D eigenvalue weighted by Crippen LogP contribution is -2.39. The molecule has 0 saturated heterocycles. The van der Waals surface area contributed by atoms with Crippen molar-refractivity contribution in [3.05, 3.63) is 70.8 Å². The van der Waals surface area contributed by atoms with E-state index in [0.717, 1.165) is 23.1 Å². The van der Waals surface area contributed by atoms with Crippen LogP contribution in [-0.4, -0.2) is 23.3 Å². The Balaban J connectivity index is 1.85. The molecule has 2 aromatic rings. The number of carbonyl (C=O) groups excluding carboxylic acids is 2. The summed E-state index contributed by atoms with van der Waals surface area (Å²) in [6.07, 6.45) is 0.821. The Bertz CT molecular complexity index is 755. The summed E-state index contributed by atoms with van der Waals surface area (Å²) in [7, 11) is 0. The number of benzene rings is 2. The highest BCUT2D eigenvalue weighted by Crippen LogP contribution is 2.35. The monoisotopic (exact) mass is 322 g/mol. The predicted octanol–water partition coefficient (Wildman–Crippen LogP) is 3.22. The summed E-state index contributed by atoms with van der Waals surface area (Å²) in [5.41, 5.74) is 3.48. The lowest BCUT2D eigenvalue weighted by atomic mass is 10.00. The zero-order chi connectivity index (χ0) is 17.1. The third kappa shape index (κ3) is 2.92. The maximum absolute atomic E-state index is 12.8. The van der Waals surface area contributed by atoms with Gasteiger partial charge < -0.3 is 10.2 Å². The molecule has 0 saturated carbocycles. The van der Waals surface area contributed by atoms with E-state index < -0.39 is 6.04 Å². The van der Waals surface area contributed by atoms with Crippen LogP contribution >= 0.6 is 0 Å². The molecule has 3 rings (SSSR count). The molecule has 0 fully saturated rings. The molecule has 0 aromatic heterocycles. The second-order valence-electron chi connectivity index (χ2n) is 6.14. The van der Waals surface area contributed by atoms with E-state index in [1.165, 1.54) is 0 Å². The van der Waals surface area contributed by atoms with Crippen LogP contribution in [-0.2, 0) is 11.3 Å². The number of hydrogen-bond acceptors (Lipinski definition) is 2. The molecule has 1 unspecified atom stereocenters. The van der Waals surface area contributed by atoms with Crippen molar-refractivity contribution < 1.29 is 9.59 Å². The molecule has 4 nitrogen and oxygen atoms in total. The first-order valence-electron chi connectivity index (χ1n) is 8.35. The minimum Gasteiger partial charge on any atom is -0.350 e. The van der Waals surface area contributed by atoms with Crippen LogP contribution in [0.4, 0.5) is 0 Å². The summed E-state index contributed by atoms with van der Waals surface area (Å²) in [5.74, 6) is -0.158. The minimum atomic E-state index is -0.531. The third-order valence-corrected chi connectivity index (χ3v) is 4.41. The van der Waals surface area contributed by atoms with E-state index >= 15 is 0 Å². The molecular weight excluding hydrogens is 300 g/mol. The predicted molar refractivity (Wildman–Crippen MR) is 93.5 cm³/mol. The fourth-order valence-corrected chi connectivity index (χ4v) is 3.28. The number of carbonyl (C=O) groups is 2. The van der Waals surface area contributed by atoms with Gasteiger partial charge in [-0.2, -0.15) is 0 Å². The molecule has 124 valence electrons. The molecule has 0 radical (unpaired) electrons. The first-order valence-corrected chi connectivity index (χ1v) is 8.35. The van der Waals surface area contributed by atoms with Crippen LogP contribution in [0.15, 0.2) is 48.5 Å². The van der Waals surface area contributed by atoms with E-state index in [1.807, 2.05) is 62.4 Å². The van der Waals surface area contributed by atoms with Crippen molar-refractivity contribution in [2.24, 2.45) is 0 Å². The highest BCUT2D eigenvalue weighted by Gasteiger charge is 2.41. The van der Waals surface area contributed by atoms with Gasteiger partial charge in [0, 0.05) is 18.7 Å². The lowest BCUT2D eigenvalue weighted by molar-refractivity contribution is -0.125. The topological polar surface area (TPSA) is 49.4 Å². The summed E-state index contributed by atoms with van der Waals surface area (Å²) in [6.45, 7) is 4.98. The van der Waals surface area contributed by atoms with Crippen LogP contribution in [0.1, 0.15) is 46.4 Å². The van der Waals surface area contributed by atoms with Gasteiger partial charge in [0.05, 0.1) is 0 Å². The average molecular weight is 322 g/mol. The molecule has 0 bridgehead atoms. The SMILES string of the molecule is CCCN1C(=O)c2c(C)cccc2C1C(=O)NCc1ccccc1. The molecule has 1 aliphatic heterocycles. The molecule has 1 heterocycles. The molecule has 1 atom stereocenters. The average Bonchev–Trinajstić information content (AvgIpc) is 2.88. The van der Waals surface area contributed by atoms with Crippen LogP contribution in [0.5, 0.6) is 0 Å². The van der Waals surface area contributed by atoms with Crippen molar-refractivity contribution in [1.29, 1.82) is 0 Å². The lowest BCUT2D eigenvalue weighted by Gasteiger charge is -2.24. The molecule has 0 aliphatic carbocycles. The van der Waals surface area contributed by atoms with Gasteiger partial charge >= 0.3 is 0 Å². The second-order valence-corrected chi connectivity index (χ2v) is 6.14. The number of nitrogens with zero attached hydrogens (tertiary/aromatic N) is 1. The van der Waals surface area contributed by atoms with Gasteiger partial charge in [0.1, 0.15) is 6.04 Å². The maximum Gasteiger partial charge on any atom is 0.255 e. The van der Waals surface area contributed by atoms with Gasteiger partial charge in [-0.3, -0.25) is 9.59 Å². The van der Waals surface area contributed by atoms with Gasteiger partial charge in [0.15, 0.2) is 0 Å². The van der Waals surface area contributed by atoms with Crippen LogP contribution in [0.2, 0.25) is 0 Å². The van der Waals surface area contributed by atoms with Gasteiger partial charge in [-0.15, -0.1) is 0 Å². The molecular formula is C20H22N2O2. The molecule has 1 aliphatic rings. The van der Waals surface area contributed by atoms with E-state index in [2.05, 4.69) is 5.32 Å².